The van der Waals surface area contributed by atoms with Crippen LogP contribution in [0.1, 0.15) is 48.9 Å². The number of carbonyl (C=O) groups excluding carboxylic acids is 3. The largest absolute Gasteiger partial charge is 0.464 e. The van der Waals surface area contributed by atoms with Crippen LogP contribution in [0.4, 0.5) is 4.79 Å². The Hall–Kier alpha value is -4.91. The van der Waals surface area contributed by atoms with Crippen molar-refractivity contribution >= 4 is 18.0 Å². The van der Waals surface area contributed by atoms with Crippen molar-refractivity contribution in [2.24, 2.45) is 0 Å². The van der Waals surface area contributed by atoms with Gasteiger partial charge in [-0.15, -0.1) is 0 Å². The minimum Gasteiger partial charge on any atom is -0.464 e. The van der Waals surface area contributed by atoms with E-state index in [0.717, 1.165) is 33.4 Å². The van der Waals surface area contributed by atoms with Crippen molar-refractivity contribution in [3.05, 3.63) is 131 Å². The molecule has 0 aliphatic heterocycles. The highest BCUT2D eigenvalue weighted by Gasteiger charge is 2.42. The van der Waals surface area contributed by atoms with E-state index >= 15 is 0 Å². The minimum atomic E-state index is -1.30. The molecule has 44 heavy (non-hydrogen) atoms. The van der Waals surface area contributed by atoms with Crippen molar-refractivity contribution in [3.8, 4) is 11.1 Å². The number of nitrogens with one attached hydrogen (secondary N) is 1. The molecule has 0 fully saturated rings. The third-order valence-corrected chi connectivity index (χ3v) is 8.12. The van der Waals surface area contributed by atoms with Gasteiger partial charge in [-0.3, -0.25) is 4.79 Å². The molecule has 0 spiro atoms. The fraction of sp³-hybridized carbons (Fsp3) is 0.270. The summed E-state index contributed by atoms with van der Waals surface area (Å²) < 4.78 is 11.2. The summed E-state index contributed by atoms with van der Waals surface area (Å²) in [5, 5.41) is 2.84. The maximum absolute atomic E-state index is 14.4. The lowest BCUT2D eigenvalue weighted by molar-refractivity contribution is -0.163. The number of rotatable bonds is 11. The zero-order valence-electron chi connectivity index (χ0n) is 25.4. The summed E-state index contributed by atoms with van der Waals surface area (Å²) in [4.78, 5) is 42.4. The van der Waals surface area contributed by atoms with Crippen molar-refractivity contribution < 1.29 is 23.9 Å². The number of hydrogen-bond donors (Lipinski definition) is 1. The van der Waals surface area contributed by atoms with E-state index in [9.17, 15) is 14.4 Å². The second-order valence-electron chi connectivity index (χ2n) is 11.4. The Morgan fingerprint density at radius 2 is 1.27 bits per heavy atom. The van der Waals surface area contributed by atoms with E-state index in [1.54, 1.807) is 20.8 Å². The first-order valence-corrected chi connectivity index (χ1v) is 15.0. The molecular formula is C37H38N2O5. The summed E-state index contributed by atoms with van der Waals surface area (Å²) in [5.74, 6) is -1.05. The quantitative estimate of drug-likeness (QED) is 0.202. The highest BCUT2D eigenvalue weighted by atomic mass is 16.5. The molecule has 1 aliphatic rings. The molecule has 1 N–H and O–H groups in total. The van der Waals surface area contributed by atoms with Crippen molar-refractivity contribution in [3.63, 3.8) is 0 Å². The van der Waals surface area contributed by atoms with Gasteiger partial charge in [0.25, 0.3) is 0 Å². The van der Waals surface area contributed by atoms with Crippen LogP contribution in [0, 0.1) is 0 Å². The van der Waals surface area contributed by atoms with Crippen LogP contribution in [-0.4, -0.2) is 47.7 Å². The molecule has 0 radical (unpaired) electrons. The van der Waals surface area contributed by atoms with Gasteiger partial charge >= 0.3 is 12.1 Å². The number of benzene rings is 4. The molecule has 2 amide bonds. The topological polar surface area (TPSA) is 84.9 Å². The van der Waals surface area contributed by atoms with Gasteiger partial charge in [-0.05, 0) is 54.2 Å². The number of alkyl carbamates (subject to hydrolysis) is 1. The predicted molar refractivity (Wildman–Crippen MR) is 170 cm³/mol. The number of nitrogens with zero attached hydrogens (tertiary/aromatic N) is 1. The number of hydrogen-bond acceptors (Lipinski definition) is 5. The van der Waals surface area contributed by atoms with E-state index in [-0.39, 0.29) is 32.1 Å². The molecule has 7 heteroatoms. The van der Waals surface area contributed by atoms with Crippen LogP contribution in [0.3, 0.4) is 0 Å². The normalized spacial score (nSPS) is 12.9. The van der Waals surface area contributed by atoms with Gasteiger partial charge < -0.3 is 19.7 Å². The monoisotopic (exact) mass is 590 g/mol. The third-order valence-electron chi connectivity index (χ3n) is 8.12. The van der Waals surface area contributed by atoms with Crippen LogP contribution in [0.5, 0.6) is 0 Å². The van der Waals surface area contributed by atoms with Crippen LogP contribution in [0.15, 0.2) is 109 Å². The second-order valence-corrected chi connectivity index (χ2v) is 11.4. The molecule has 0 saturated heterocycles. The summed E-state index contributed by atoms with van der Waals surface area (Å²) in [6.07, 6.45) is -0.483. The van der Waals surface area contributed by atoms with Gasteiger partial charge in [0, 0.05) is 18.9 Å². The maximum Gasteiger partial charge on any atom is 0.407 e. The van der Waals surface area contributed by atoms with E-state index in [1.165, 1.54) is 4.90 Å². The summed E-state index contributed by atoms with van der Waals surface area (Å²) in [5.41, 5.74) is 4.86. The van der Waals surface area contributed by atoms with E-state index < -0.39 is 29.6 Å². The van der Waals surface area contributed by atoms with E-state index in [2.05, 4.69) is 29.6 Å². The molecule has 0 saturated carbocycles. The van der Waals surface area contributed by atoms with Crippen LogP contribution in [0.2, 0.25) is 0 Å². The summed E-state index contributed by atoms with van der Waals surface area (Å²) in [6.45, 7) is 5.52. The van der Waals surface area contributed by atoms with Crippen molar-refractivity contribution in [2.45, 2.75) is 51.2 Å². The molecule has 5 rings (SSSR count). The lowest BCUT2D eigenvalue weighted by atomic mass is 9.97. The first-order chi connectivity index (χ1) is 21.3. The fourth-order valence-electron chi connectivity index (χ4n) is 5.76. The molecule has 1 aliphatic carbocycles. The molecule has 0 heterocycles. The van der Waals surface area contributed by atoms with E-state index in [0.29, 0.717) is 0 Å². The maximum atomic E-state index is 14.4. The highest BCUT2D eigenvalue weighted by Crippen LogP contribution is 2.44. The standard InChI is InChI=1S/C37H38N2O5/c1-4-43-35(41)37(2,3)39(24-27-17-9-6-10-18-27)34(40)33(23-26-15-7-5-8-16-26)38-36(42)44-25-32-30-21-13-11-19-28(30)29-20-12-14-22-31(29)32/h5-22,32-33H,4,23-25H2,1-3H3,(H,38,42)/t33-/m0/s1. The molecule has 0 unspecified atom stereocenters. The summed E-state index contributed by atoms with van der Waals surface area (Å²) in [6, 6.07) is 34.2. The van der Waals surface area contributed by atoms with Crippen molar-refractivity contribution in [1.29, 1.82) is 0 Å². The fourth-order valence-corrected chi connectivity index (χ4v) is 5.76. The molecular weight excluding hydrogens is 552 g/mol. The Balaban J connectivity index is 1.39. The molecule has 1 atom stereocenters. The van der Waals surface area contributed by atoms with Gasteiger partial charge in [-0.2, -0.15) is 0 Å². The number of carbonyl (C=O) groups is 3. The Labute approximate surface area is 258 Å². The van der Waals surface area contributed by atoms with Gasteiger partial charge in [-0.1, -0.05) is 109 Å². The Morgan fingerprint density at radius 1 is 0.750 bits per heavy atom. The van der Waals surface area contributed by atoms with Crippen molar-refractivity contribution in [1.82, 2.24) is 10.2 Å². The SMILES string of the molecule is CCOC(=O)C(C)(C)N(Cc1ccccc1)C(=O)[C@H](Cc1ccccc1)NC(=O)OCC1c2ccccc2-c2ccccc21. The summed E-state index contributed by atoms with van der Waals surface area (Å²) in [7, 11) is 0. The number of fused-ring (bicyclic) bond motifs is 3. The Kier molecular flexibility index (Phi) is 9.44. The Morgan fingerprint density at radius 3 is 1.84 bits per heavy atom. The minimum absolute atomic E-state index is 0.117. The number of ether oxygens (including phenoxy) is 2. The van der Waals surface area contributed by atoms with Gasteiger partial charge in [-0.25, -0.2) is 9.59 Å². The first-order valence-electron chi connectivity index (χ1n) is 15.0. The van der Waals surface area contributed by atoms with Crippen molar-refractivity contribution in [2.75, 3.05) is 13.2 Å². The van der Waals surface area contributed by atoms with E-state index in [4.69, 9.17) is 9.47 Å². The average molecular weight is 591 g/mol. The average Bonchev–Trinajstić information content (AvgIpc) is 3.36. The molecule has 7 nitrogen and oxygen atoms in total. The van der Waals surface area contributed by atoms with Crippen LogP contribution in [0.25, 0.3) is 11.1 Å². The van der Waals surface area contributed by atoms with Gasteiger partial charge in [0.15, 0.2) is 0 Å². The molecule has 0 bridgehead atoms. The lowest BCUT2D eigenvalue weighted by Gasteiger charge is -2.38. The van der Waals surface area contributed by atoms with Crippen LogP contribution < -0.4 is 5.32 Å². The van der Waals surface area contributed by atoms with Gasteiger partial charge in [0.1, 0.15) is 18.2 Å². The number of esters is 1. The zero-order valence-corrected chi connectivity index (χ0v) is 25.4. The zero-order chi connectivity index (χ0) is 31.1. The summed E-state index contributed by atoms with van der Waals surface area (Å²) >= 11 is 0. The first kappa shape index (κ1) is 30.5. The van der Waals surface area contributed by atoms with Crippen LogP contribution in [-0.2, 0) is 32.0 Å². The smallest absolute Gasteiger partial charge is 0.407 e. The highest BCUT2D eigenvalue weighted by molar-refractivity contribution is 5.92. The van der Waals surface area contributed by atoms with Gasteiger partial charge in [0.05, 0.1) is 6.61 Å². The molecule has 0 aromatic heterocycles. The third kappa shape index (κ3) is 6.67. The molecule has 226 valence electrons. The van der Waals surface area contributed by atoms with E-state index in [1.807, 2.05) is 84.9 Å². The van der Waals surface area contributed by atoms with Crippen LogP contribution >= 0.6 is 0 Å². The predicted octanol–water partition coefficient (Wildman–Crippen LogP) is 6.51. The molecule has 4 aromatic carbocycles. The molecule has 4 aromatic rings. The Bertz CT molecular complexity index is 1560. The second kappa shape index (κ2) is 13.6. The number of amides is 2. The van der Waals surface area contributed by atoms with Gasteiger partial charge in [0.2, 0.25) is 5.91 Å². The lowest BCUT2D eigenvalue weighted by Crippen LogP contribution is -2.59.